The van der Waals surface area contributed by atoms with Gasteiger partial charge < -0.3 is 15.6 Å². The van der Waals surface area contributed by atoms with Crippen LogP contribution in [0, 0.1) is 6.92 Å². The molecule has 6 heteroatoms. The maximum Gasteiger partial charge on any atom is 0.213 e. The molecule has 0 spiro atoms. The van der Waals surface area contributed by atoms with Crippen LogP contribution in [0.3, 0.4) is 0 Å². The predicted octanol–water partition coefficient (Wildman–Crippen LogP) is 1.67. The zero-order valence-electron chi connectivity index (χ0n) is 10.0. The molecule has 2 aromatic rings. The minimum absolute atomic E-state index is 0.386. The van der Waals surface area contributed by atoms with Crippen molar-refractivity contribution in [3.8, 4) is 0 Å². The molecule has 0 saturated heterocycles. The first-order valence-electron chi connectivity index (χ1n) is 5.56. The Bertz CT molecular complexity index is 539. The zero-order valence-corrected chi connectivity index (χ0v) is 10.8. The third kappa shape index (κ3) is 3.04. The normalized spacial score (nSPS) is 10.3. The number of nitrogens with two attached hydrogens (primary N) is 1. The van der Waals surface area contributed by atoms with E-state index in [4.69, 9.17) is 18.0 Å². The van der Waals surface area contributed by atoms with E-state index in [-0.39, 0.29) is 0 Å². The zero-order chi connectivity index (χ0) is 13.0. The molecule has 1 aromatic heterocycles. The Balaban J connectivity index is 2.03. The molecule has 1 heterocycles. The first-order valence-corrected chi connectivity index (χ1v) is 5.97. The summed E-state index contributed by atoms with van der Waals surface area (Å²) in [5, 5.41) is 7.03. The molecule has 0 amide bonds. The molecule has 94 valence electrons. The number of aryl methyl sites for hydroxylation is 1. The van der Waals surface area contributed by atoms with Crippen LogP contribution in [0.2, 0.25) is 0 Å². The van der Waals surface area contributed by atoms with Gasteiger partial charge in [-0.3, -0.25) is 0 Å². The number of hydrogen-bond donors (Lipinski definition) is 2. The van der Waals surface area contributed by atoms with Crippen molar-refractivity contribution in [3.63, 3.8) is 0 Å². The molecule has 0 saturated carbocycles. The Morgan fingerprint density at radius 1 is 1.50 bits per heavy atom. The summed E-state index contributed by atoms with van der Waals surface area (Å²) in [7, 11) is 0. The number of rotatable bonds is 5. The predicted molar refractivity (Wildman–Crippen MR) is 73.6 cm³/mol. The van der Waals surface area contributed by atoms with Crippen molar-refractivity contribution in [2.75, 3.05) is 11.9 Å². The van der Waals surface area contributed by atoms with Crippen molar-refractivity contribution < 1.29 is 4.52 Å². The highest BCUT2D eigenvalue weighted by Gasteiger charge is 2.05. The Kier molecular flexibility index (Phi) is 3.88. The van der Waals surface area contributed by atoms with Gasteiger partial charge in [0.1, 0.15) is 4.99 Å². The number of nitrogens with zero attached hydrogens (tertiary/aromatic N) is 2. The largest absolute Gasteiger partial charge is 0.389 e. The van der Waals surface area contributed by atoms with Crippen LogP contribution < -0.4 is 11.1 Å². The molecular weight excluding hydrogens is 248 g/mol. The molecule has 0 fully saturated rings. The summed E-state index contributed by atoms with van der Waals surface area (Å²) in [6.45, 7) is 2.71. The molecule has 0 atom stereocenters. The van der Waals surface area contributed by atoms with Gasteiger partial charge in [0.05, 0.1) is 0 Å². The molecule has 0 unspecified atom stereocenters. The molecule has 0 aliphatic heterocycles. The molecule has 0 aliphatic carbocycles. The lowest BCUT2D eigenvalue weighted by atomic mass is 10.1. The van der Waals surface area contributed by atoms with Crippen LogP contribution in [0.15, 0.2) is 29.1 Å². The van der Waals surface area contributed by atoms with Crippen LogP contribution in [0.1, 0.15) is 17.0 Å². The van der Waals surface area contributed by atoms with E-state index in [9.17, 15) is 0 Å². The van der Waals surface area contributed by atoms with Crippen molar-refractivity contribution in [1.29, 1.82) is 0 Å². The molecule has 0 bridgehead atoms. The smallest absolute Gasteiger partial charge is 0.213 e. The molecule has 0 radical (unpaired) electrons. The van der Waals surface area contributed by atoms with Crippen molar-refractivity contribution in [3.05, 3.63) is 41.5 Å². The number of nitrogens with one attached hydrogen (secondary N) is 1. The molecule has 2 rings (SSSR count). The van der Waals surface area contributed by atoms with Crippen molar-refractivity contribution in [2.24, 2.45) is 5.73 Å². The fourth-order valence-electron chi connectivity index (χ4n) is 1.63. The standard InChI is InChI=1S/C12H14N4OS/c1-8-2-3-9(12(13)18)10(6-8)14-5-4-11-15-7-17-16-11/h2-3,6-7,14H,4-5H2,1H3,(H2,13,18). The van der Waals surface area contributed by atoms with Gasteiger partial charge in [-0.25, -0.2) is 0 Å². The van der Waals surface area contributed by atoms with Crippen LogP contribution in [-0.2, 0) is 6.42 Å². The van der Waals surface area contributed by atoms with Gasteiger partial charge >= 0.3 is 0 Å². The van der Waals surface area contributed by atoms with Gasteiger partial charge in [-0.2, -0.15) is 4.98 Å². The minimum atomic E-state index is 0.386. The van der Waals surface area contributed by atoms with Gasteiger partial charge in [0, 0.05) is 24.2 Å². The topological polar surface area (TPSA) is 77.0 Å². The summed E-state index contributed by atoms with van der Waals surface area (Å²) in [5.41, 5.74) is 8.62. The third-order valence-corrected chi connectivity index (χ3v) is 2.73. The summed E-state index contributed by atoms with van der Waals surface area (Å²) >= 11 is 5.02. The second kappa shape index (κ2) is 5.59. The maximum atomic E-state index is 5.68. The first kappa shape index (κ1) is 12.5. The Hall–Kier alpha value is -1.95. The number of anilines is 1. The van der Waals surface area contributed by atoms with Crippen LogP contribution in [0.4, 0.5) is 5.69 Å². The highest BCUT2D eigenvalue weighted by Crippen LogP contribution is 2.17. The highest BCUT2D eigenvalue weighted by atomic mass is 32.1. The van der Waals surface area contributed by atoms with Crippen molar-refractivity contribution in [2.45, 2.75) is 13.3 Å². The van der Waals surface area contributed by atoms with Gasteiger partial charge in [-0.05, 0) is 24.6 Å². The van der Waals surface area contributed by atoms with Gasteiger partial charge in [0.15, 0.2) is 5.82 Å². The van der Waals surface area contributed by atoms with Gasteiger partial charge in [-0.15, -0.1) is 0 Å². The van der Waals surface area contributed by atoms with E-state index in [1.54, 1.807) is 0 Å². The lowest BCUT2D eigenvalue weighted by Gasteiger charge is -2.11. The summed E-state index contributed by atoms with van der Waals surface area (Å²) in [6, 6.07) is 5.93. The van der Waals surface area contributed by atoms with Crippen molar-refractivity contribution >= 4 is 22.9 Å². The quantitative estimate of drug-likeness (QED) is 0.798. The number of thiocarbonyl (C=S) groups is 1. The van der Waals surface area contributed by atoms with E-state index in [0.717, 1.165) is 16.8 Å². The van der Waals surface area contributed by atoms with E-state index >= 15 is 0 Å². The summed E-state index contributed by atoms with van der Waals surface area (Å²) in [5.74, 6) is 0.673. The fourth-order valence-corrected chi connectivity index (χ4v) is 1.81. The SMILES string of the molecule is Cc1ccc(C(N)=S)c(NCCc2ncon2)c1. The summed E-state index contributed by atoms with van der Waals surface area (Å²) in [4.78, 5) is 4.34. The highest BCUT2D eigenvalue weighted by molar-refractivity contribution is 7.80. The monoisotopic (exact) mass is 262 g/mol. The Morgan fingerprint density at radius 2 is 2.33 bits per heavy atom. The van der Waals surface area contributed by atoms with Crippen LogP contribution in [0.5, 0.6) is 0 Å². The second-order valence-corrected chi connectivity index (χ2v) is 4.38. The Labute approximate surface area is 110 Å². The van der Waals surface area contributed by atoms with E-state index in [1.165, 1.54) is 6.39 Å². The van der Waals surface area contributed by atoms with E-state index in [1.807, 2.05) is 25.1 Å². The number of aromatic nitrogens is 2. The third-order valence-electron chi connectivity index (χ3n) is 2.51. The van der Waals surface area contributed by atoms with Gasteiger partial charge in [0.2, 0.25) is 6.39 Å². The maximum absolute atomic E-state index is 5.68. The van der Waals surface area contributed by atoms with E-state index in [2.05, 4.69) is 20.0 Å². The lowest BCUT2D eigenvalue weighted by Crippen LogP contribution is -2.15. The Morgan fingerprint density at radius 3 is 3.00 bits per heavy atom. The first-order chi connectivity index (χ1) is 8.66. The number of benzene rings is 1. The van der Waals surface area contributed by atoms with E-state index in [0.29, 0.717) is 23.8 Å². The van der Waals surface area contributed by atoms with Crippen LogP contribution in [0.25, 0.3) is 0 Å². The fraction of sp³-hybridized carbons (Fsp3) is 0.250. The minimum Gasteiger partial charge on any atom is -0.389 e. The van der Waals surface area contributed by atoms with Crippen LogP contribution in [-0.4, -0.2) is 21.7 Å². The number of hydrogen-bond acceptors (Lipinski definition) is 5. The van der Waals surface area contributed by atoms with E-state index < -0.39 is 0 Å². The molecular formula is C12H14N4OS. The van der Waals surface area contributed by atoms with Gasteiger partial charge in [-0.1, -0.05) is 23.4 Å². The molecule has 3 N–H and O–H groups in total. The molecule has 1 aromatic carbocycles. The molecule has 5 nitrogen and oxygen atoms in total. The van der Waals surface area contributed by atoms with Crippen LogP contribution >= 0.6 is 12.2 Å². The average Bonchev–Trinajstić information content (AvgIpc) is 2.82. The van der Waals surface area contributed by atoms with Gasteiger partial charge in [0.25, 0.3) is 0 Å². The lowest BCUT2D eigenvalue weighted by molar-refractivity contribution is 0.410. The molecule has 18 heavy (non-hydrogen) atoms. The average molecular weight is 262 g/mol. The molecule has 0 aliphatic rings. The summed E-state index contributed by atoms with van der Waals surface area (Å²) < 4.78 is 4.67. The summed E-state index contributed by atoms with van der Waals surface area (Å²) in [6.07, 6.45) is 2.00. The van der Waals surface area contributed by atoms with Crippen molar-refractivity contribution in [1.82, 2.24) is 10.1 Å². The second-order valence-electron chi connectivity index (χ2n) is 3.94.